The Balaban J connectivity index is 2.38. The number of benzene rings is 1. The van der Waals surface area contributed by atoms with Gasteiger partial charge in [-0.1, -0.05) is 0 Å². The number of likely N-dealkylation sites (N-methyl/N-ethyl adjacent to an activating group) is 1. The quantitative estimate of drug-likeness (QED) is 0.773. The van der Waals surface area contributed by atoms with Crippen LogP contribution >= 0.6 is 0 Å². The van der Waals surface area contributed by atoms with Gasteiger partial charge in [0, 0.05) is 12.1 Å². The third kappa shape index (κ3) is 1.88. The van der Waals surface area contributed by atoms with Crippen LogP contribution in [-0.2, 0) is 0 Å². The third-order valence-corrected chi connectivity index (χ3v) is 2.81. The third-order valence-electron chi connectivity index (χ3n) is 2.81. The Bertz CT molecular complexity index is 404. The second-order valence-electron chi connectivity index (χ2n) is 3.74. The molecular formula is C12H16N2O2. The Morgan fingerprint density at radius 2 is 2.38 bits per heavy atom. The van der Waals surface area contributed by atoms with Crippen molar-refractivity contribution in [1.29, 1.82) is 0 Å². The van der Waals surface area contributed by atoms with Crippen molar-refractivity contribution >= 4 is 11.5 Å². The summed E-state index contributed by atoms with van der Waals surface area (Å²) in [5.74, 6) is 0.811. The van der Waals surface area contributed by atoms with Gasteiger partial charge < -0.3 is 15.4 Å². The molecule has 2 rings (SSSR count). The minimum Gasteiger partial charge on any atom is -0.490 e. The minimum atomic E-state index is -0.0376. The maximum Gasteiger partial charge on any atom is 0.176 e. The maximum atomic E-state index is 11.5. The largest absolute Gasteiger partial charge is 0.490 e. The summed E-state index contributed by atoms with van der Waals surface area (Å²) in [5, 5.41) is 0. The van der Waals surface area contributed by atoms with E-state index in [1.807, 2.05) is 12.1 Å². The Hall–Kier alpha value is -1.55. The zero-order chi connectivity index (χ0) is 11.5. The van der Waals surface area contributed by atoms with Crippen molar-refractivity contribution in [3.05, 3.63) is 23.8 Å². The van der Waals surface area contributed by atoms with Gasteiger partial charge in [0.05, 0.1) is 18.8 Å². The first-order valence-electron chi connectivity index (χ1n) is 5.51. The van der Waals surface area contributed by atoms with Gasteiger partial charge in [-0.15, -0.1) is 0 Å². The first-order chi connectivity index (χ1) is 7.76. The first kappa shape index (κ1) is 11.0. The van der Waals surface area contributed by atoms with Gasteiger partial charge >= 0.3 is 0 Å². The molecule has 1 aliphatic rings. The van der Waals surface area contributed by atoms with E-state index in [1.165, 1.54) is 0 Å². The molecule has 0 aromatic heterocycles. The molecule has 0 fully saturated rings. The van der Waals surface area contributed by atoms with Crippen LogP contribution in [0.25, 0.3) is 0 Å². The molecule has 16 heavy (non-hydrogen) atoms. The topological polar surface area (TPSA) is 55.6 Å². The maximum absolute atomic E-state index is 11.5. The molecule has 0 unspecified atom stereocenters. The lowest BCUT2D eigenvalue weighted by Gasteiger charge is -2.30. The van der Waals surface area contributed by atoms with Gasteiger partial charge in [-0.25, -0.2) is 0 Å². The summed E-state index contributed by atoms with van der Waals surface area (Å²) in [5.41, 5.74) is 7.00. The normalized spacial score (nSPS) is 14.2. The summed E-state index contributed by atoms with van der Waals surface area (Å²) in [6.45, 7) is 4.61. The standard InChI is InChI=1S/C12H16N2O2/c1-2-14-5-6-16-12-4-3-9(7-10(12)14)11(15)8-13/h3-4,7H,2,5-6,8,13H2,1H3. The van der Waals surface area contributed by atoms with Crippen LogP contribution in [0, 0.1) is 0 Å². The molecule has 4 heteroatoms. The highest BCUT2D eigenvalue weighted by atomic mass is 16.5. The predicted molar refractivity (Wildman–Crippen MR) is 63.2 cm³/mol. The highest BCUT2D eigenvalue weighted by Crippen LogP contribution is 2.32. The smallest absolute Gasteiger partial charge is 0.176 e. The number of ether oxygens (including phenoxy) is 1. The van der Waals surface area contributed by atoms with Crippen molar-refractivity contribution in [3.63, 3.8) is 0 Å². The van der Waals surface area contributed by atoms with Crippen LogP contribution < -0.4 is 15.4 Å². The number of anilines is 1. The number of hydrogen-bond donors (Lipinski definition) is 1. The summed E-state index contributed by atoms with van der Waals surface area (Å²) >= 11 is 0. The van der Waals surface area contributed by atoms with Crippen LogP contribution in [0.3, 0.4) is 0 Å². The molecule has 0 bridgehead atoms. The zero-order valence-electron chi connectivity index (χ0n) is 9.40. The van der Waals surface area contributed by atoms with Crippen molar-refractivity contribution in [2.75, 3.05) is 31.1 Å². The molecule has 86 valence electrons. The predicted octanol–water partition coefficient (Wildman–Crippen LogP) is 1.05. The van der Waals surface area contributed by atoms with Crippen molar-refractivity contribution in [3.8, 4) is 5.75 Å². The first-order valence-corrected chi connectivity index (χ1v) is 5.51. The number of rotatable bonds is 3. The van der Waals surface area contributed by atoms with Crippen molar-refractivity contribution < 1.29 is 9.53 Å². The number of carbonyl (C=O) groups excluding carboxylic acids is 1. The summed E-state index contributed by atoms with van der Waals surface area (Å²) in [6.07, 6.45) is 0. The molecule has 4 nitrogen and oxygen atoms in total. The van der Waals surface area contributed by atoms with E-state index in [0.717, 1.165) is 24.5 Å². The lowest BCUT2D eigenvalue weighted by Crippen LogP contribution is -2.32. The molecule has 1 aromatic carbocycles. The summed E-state index contributed by atoms with van der Waals surface area (Å²) in [7, 11) is 0. The molecule has 1 aliphatic heterocycles. The monoisotopic (exact) mass is 220 g/mol. The van der Waals surface area contributed by atoms with E-state index < -0.39 is 0 Å². The highest BCUT2D eigenvalue weighted by molar-refractivity contribution is 5.98. The molecule has 0 atom stereocenters. The second-order valence-corrected chi connectivity index (χ2v) is 3.74. The summed E-state index contributed by atoms with van der Waals surface area (Å²) < 4.78 is 5.54. The summed E-state index contributed by atoms with van der Waals surface area (Å²) in [6, 6.07) is 5.49. The highest BCUT2D eigenvalue weighted by Gasteiger charge is 2.18. The van der Waals surface area contributed by atoms with Crippen LogP contribution in [0.15, 0.2) is 18.2 Å². The fraction of sp³-hybridized carbons (Fsp3) is 0.417. The van der Waals surface area contributed by atoms with E-state index in [1.54, 1.807) is 6.07 Å². The molecular weight excluding hydrogens is 204 g/mol. The van der Waals surface area contributed by atoms with Crippen molar-refractivity contribution in [2.24, 2.45) is 5.73 Å². The SMILES string of the molecule is CCN1CCOc2ccc(C(=O)CN)cc21. The molecule has 0 spiro atoms. The fourth-order valence-corrected chi connectivity index (χ4v) is 1.89. The molecule has 0 aliphatic carbocycles. The molecule has 0 amide bonds. The van der Waals surface area contributed by atoms with E-state index in [9.17, 15) is 4.79 Å². The van der Waals surface area contributed by atoms with E-state index in [4.69, 9.17) is 10.5 Å². The van der Waals surface area contributed by atoms with Gasteiger partial charge in [0.2, 0.25) is 0 Å². The van der Waals surface area contributed by atoms with Crippen LogP contribution in [0.1, 0.15) is 17.3 Å². The van der Waals surface area contributed by atoms with Crippen LogP contribution in [0.5, 0.6) is 5.75 Å². The van der Waals surface area contributed by atoms with Gasteiger partial charge in [-0.3, -0.25) is 4.79 Å². The number of hydrogen-bond acceptors (Lipinski definition) is 4. The van der Waals surface area contributed by atoms with Gasteiger partial charge in [0.15, 0.2) is 5.78 Å². The molecule has 1 aromatic rings. The number of fused-ring (bicyclic) bond motifs is 1. The molecule has 0 saturated carbocycles. The second kappa shape index (κ2) is 4.53. The average Bonchev–Trinajstić information content (AvgIpc) is 2.36. The number of nitrogens with zero attached hydrogens (tertiary/aromatic N) is 1. The van der Waals surface area contributed by atoms with Crippen molar-refractivity contribution in [2.45, 2.75) is 6.92 Å². The Morgan fingerprint density at radius 3 is 3.06 bits per heavy atom. The number of ketones is 1. The van der Waals surface area contributed by atoms with E-state index in [0.29, 0.717) is 12.2 Å². The number of carbonyl (C=O) groups is 1. The van der Waals surface area contributed by atoms with Crippen molar-refractivity contribution in [1.82, 2.24) is 0 Å². The van der Waals surface area contributed by atoms with E-state index in [2.05, 4.69) is 11.8 Å². The average molecular weight is 220 g/mol. The van der Waals surface area contributed by atoms with E-state index >= 15 is 0 Å². The molecule has 0 radical (unpaired) electrons. The zero-order valence-corrected chi connectivity index (χ0v) is 9.40. The van der Waals surface area contributed by atoms with Gasteiger partial charge in [0.25, 0.3) is 0 Å². The van der Waals surface area contributed by atoms with E-state index in [-0.39, 0.29) is 12.3 Å². The Kier molecular flexibility index (Phi) is 3.10. The molecule has 0 saturated heterocycles. The fourth-order valence-electron chi connectivity index (χ4n) is 1.89. The number of nitrogens with two attached hydrogens (primary N) is 1. The van der Waals surface area contributed by atoms with Crippen LogP contribution in [0.2, 0.25) is 0 Å². The minimum absolute atomic E-state index is 0.0376. The van der Waals surface area contributed by atoms with Crippen LogP contribution in [-0.4, -0.2) is 32.0 Å². The lowest BCUT2D eigenvalue weighted by molar-refractivity contribution is 0.100. The lowest BCUT2D eigenvalue weighted by atomic mass is 10.1. The Morgan fingerprint density at radius 1 is 1.56 bits per heavy atom. The van der Waals surface area contributed by atoms with Crippen LogP contribution in [0.4, 0.5) is 5.69 Å². The number of Topliss-reactive ketones (excluding diaryl/α,β-unsaturated/α-hetero) is 1. The molecule has 2 N–H and O–H groups in total. The van der Waals surface area contributed by atoms with Gasteiger partial charge in [0.1, 0.15) is 12.4 Å². The Labute approximate surface area is 95.0 Å². The van der Waals surface area contributed by atoms with Gasteiger partial charge in [-0.2, -0.15) is 0 Å². The molecule has 1 heterocycles. The summed E-state index contributed by atoms with van der Waals surface area (Å²) in [4.78, 5) is 13.7. The van der Waals surface area contributed by atoms with Gasteiger partial charge in [-0.05, 0) is 25.1 Å².